The monoisotopic (exact) mass is 307 g/mol. The van der Waals surface area contributed by atoms with Gasteiger partial charge in [0, 0.05) is 17.6 Å². The van der Waals surface area contributed by atoms with E-state index in [9.17, 15) is 4.91 Å². The molecule has 116 valence electrons. The highest BCUT2D eigenvalue weighted by molar-refractivity contribution is 6.47. The minimum Gasteiger partial charge on any atom is -0.497 e. The summed E-state index contributed by atoms with van der Waals surface area (Å²) in [5.74, 6) is 0.738. The van der Waals surface area contributed by atoms with Crippen LogP contribution in [-0.2, 0) is 0 Å². The number of nitrogens with one attached hydrogen (secondary N) is 1. The lowest BCUT2D eigenvalue weighted by molar-refractivity contribution is 0.415. The Hall–Kier alpha value is -2.63. The lowest BCUT2D eigenvalue weighted by Gasteiger charge is -2.27. The lowest BCUT2D eigenvalue weighted by atomic mass is 9.62. The molecule has 0 aliphatic carbocycles. The van der Waals surface area contributed by atoms with E-state index in [1.165, 1.54) is 0 Å². The van der Waals surface area contributed by atoms with Gasteiger partial charge in [0.2, 0.25) is 0 Å². The van der Waals surface area contributed by atoms with Gasteiger partial charge in [-0.1, -0.05) is 23.3 Å². The summed E-state index contributed by atoms with van der Waals surface area (Å²) in [7, 11) is 2.51. The van der Waals surface area contributed by atoms with Crippen molar-refractivity contribution in [2.24, 2.45) is 5.18 Å². The predicted molar refractivity (Wildman–Crippen MR) is 94.0 cm³/mol. The van der Waals surface area contributed by atoms with Gasteiger partial charge in [-0.15, -0.1) is 0 Å². The van der Waals surface area contributed by atoms with Gasteiger partial charge in [-0.25, -0.2) is 0 Å². The summed E-state index contributed by atoms with van der Waals surface area (Å²) in [6, 6.07) is 7.01. The van der Waals surface area contributed by atoms with Crippen LogP contribution in [0.2, 0.25) is 6.32 Å². The Balaban J connectivity index is 2.01. The van der Waals surface area contributed by atoms with Gasteiger partial charge in [-0.2, -0.15) is 4.91 Å². The van der Waals surface area contributed by atoms with Crippen molar-refractivity contribution in [2.45, 2.75) is 18.4 Å². The minimum atomic E-state index is -0.477. The van der Waals surface area contributed by atoms with E-state index in [4.69, 9.17) is 4.74 Å². The van der Waals surface area contributed by atoms with E-state index in [1.807, 2.05) is 36.5 Å². The number of ether oxygens (including phenoxy) is 1. The van der Waals surface area contributed by atoms with Gasteiger partial charge in [0.05, 0.1) is 12.6 Å². The molecule has 1 aromatic heterocycles. The summed E-state index contributed by atoms with van der Waals surface area (Å²) >= 11 is 0. The Morgan fingerprint density at radius 1 is 1.52 bits per heavy atom. The van der Waals surface area contributed by atoms with Crippen LogP contribution in [0.15, 0.2) is 60.0 Å². The summed E-state index contributed by atoms with van der Waals surface area (Å²) in [6.07, 6.45) is 6.31. The fourth-order valence-electron chi connectivity index (χ4n) is 2.98. The summed E-state index contributed by atoms with van der Waals surface area (Å²) < 4.78 is 5.29. The molecule has 2 atom stereocenters. The van der Waals surface area contributed by atoms with Gasteiger partial charge in [-0.3, -0.25) is 4.98 Å². The summed E-state index contributed by atoms with van der Waals surface area (Å²) in [5, 5.41) is 7.59. The van der Waals surface area contributed by atoms with Crippen LogP contribution in [0.5, 0.6) is 5.75 Å². The van der Waals surface area contributed by atoms with Crippen LogP contribution in [0.1, 0.15) is 11.6 Å². The molecule has 2 heterocycles. The zero-order valence-corrected chi connectivity index (χ0v) is 13.0. The molecule has 1 aliphatic heterocycles. The molecule has 2 aromatic rings. The van der Waals surface area contributed by atoms with Crippen LogP contribution in [-0.4, -0.2) is 25.4 Å². The molecule has 0 fully saturated rings. The molecule has 3 rings (SSSR count). The van der Waals surface area contributed by atoms with Crippen molar-refractivity contribution in [1.29, 1.82) is 0 Å². The van der Waals surface area contributed by atoms with Crippen molar-refractivity contribution in [3.05, 3.63) is 65.3 Å². The van der Waals surface area contributed by atoms with E-state index >= 15 is 0 Å². The van der Waals surface area contributed by atoms with Gasteiger partial charge in [0.1, 0.15) is 11.8 Å². The highest BCUT2D eigenvalue weighted by Crippen LogP contribution is 2.32. The Morgan fingerprint density at radius 2 is 2.39 bits per heavy atom. The van der Waals surface area contributed by atoms with Gasteiger partial charge in [-0.05, 0) is 42.3 Å². The van der Waals surface area contributed by atoms with Crippen LogP contribution in [0, 0.1) is 4.91 Å². The zero-order chi connectivity index (χ0) is 16.2. The number of rotatable bonds is 5. The highest BCUT2D eigenvalue weighted by atomic mass is 16.5. The average molecular weight is 307 g/mol. The smallest absolute Gasteiger partial charge is 0.161 e. The number of pyridine rings is 1. The Kier molecular flexibility index (Phi) is 4.41. The second-order valence-electron chi connectivity index (χ2n) is 5.57. The average Bonchev–Trinajstić information content (AvgIpc) is 2.62. The molecule has 1 aliphatic rings. The molecule has 1 aromatic carbocycles. The molecule has 0 saturated heterocycles. The first kappa shape index (κ1) is 15.3. The maximum atomic E-state index is 11.6. The molecule has 0 spiro atoms. The van der Waals surface area contributed by atoms with Crippen LogP contribution in [0.4, 0.5) is 0 Å². The third kappa shape index (κ3) is 2.97. The second kappa shape index (κ2) is 6.65. The summed E-state index contributed by atoms with van der Waals surface area (Å²) in [4.78, 5) is 15.9. The van der Waals surface area contributed by atoms with E-state index in [-0.39, 0.29) is 6.04 Å². The van der Waals surface area contributed by atoms with E-state index in [2.05, 4.69) is 22.1 Å². The maximum Gasteiger partial charge on any atom is 0.161 e. The van der Waals surface area contributed by atoms with Gasteiger partial charge >= 0.3 is 0 Å². The minimum absolute atomic E-state index is 0.0343. The third-order valence-corrected chi connectivity index (χ3v) is 4.28. The van der Waals surface area contributed by atoms with Gasteiger partial charge in [0.15, 0.2) is 7.28 Å². The molecule has 23 heavy (non-hydrogen) atoms. The number of hydrogen-bond acceptors (Lipinski definition) is 5. The number of nitroso groups, excluding NO2 is 1. The molecule has 1 unspecified atom stereocenters. The molecule has 5 nitrogen and oxygen atoms in total. The number of aromatic nitrogens is 1. The molecular formula is C17H18BN3O2. The van der Waals surface area contributed by atoms with Crippen molar-refractivity contribution in [2.75, 3.05) is 7.11 Å². The zero-order valence-electron chi connectivity index (χ0n) is 13.0. The summed E-state index contributed by atoms with van der Waals surface area (Å²) in [5.41, 5.74) is 2.85. The number of nitrogens with zero attached hydrogens (tertiary/aromatic N) is 2. The van der Waals surface area contributed by atoms with Crippen LogP contribution in [0.3, 0.4) is 0 Å². The van der Waals surface area contributed by atoms with Crippen molar-refractivity contribution in [1.82, 2.24) is 10.3 Å². The molecule has 1 N–H and O–H groups in total. The number of benzene rings is 1. The number of hydrogen-bond donors (Lipinski definition) is 1. The number of allylic oxidation sites excluding steroid dienone is 2. The molecule has 6 heteroatoms. The lowest BCUT2D eigenvalue weighted by Crippen LogP contribution is -2.35. The van der Waals surface area contributed by atoms with Crippen LogP contribution < -0.4 is 10.1 Å². The summed E-state index contributed by atoms with van der Waals surface area (Å²) in [6.45, 7) is 3.78. The van der Waals surface area contributed by atoms with Crippen LogP contribution >= 0.6 is 0 Å². The fourth-order valence-corrected chi connectivity index (χ4v) is 2.98. The van der Waals surface area contributed by atoms with E-state index < -0.39 is 6.04 Å². The Bertz CT molecular complexity index is 776. The fraction of sp³-hybridized carbons (Fsp3) is 0.235. The maximum absolute atomic E-state index is 11.6. The SMILES string of the molecule is C=CC1=CN[C@H](C(N=O)c2ccnc3ccc(OC)cc23)CB1. The quantitative estimate of drug-likeness (QED) is 0.681. The van der Waals surface area contributed by atoms with Crippen molar-refractivity contribution in [3.63, 3.8) is 0 Å². The van der Waals surface area contributed by atoms with Crippen molar-refractivity contribution >= 4 is 18.2 Å². The molecule has 0 amide bonds. The third-order valence-electron chi connectivity index (χ3n) is 4.28. The number of fused-ring (bicyclic) bond motifs is 1. The molecule has 0 radical (unpaired) electrons. The molecule has 0 saturated carbocycles. The normalized spacial score (nSPS) is 18.3. The first-order chi connectivity index (χ1) is 11.3. The van der Waals surface area contributed by atoms with Gasteiger partial charge in [0.25, 0.3) is 0 Å². The van der Waals surface area contributed by atoms with E-state index in [0.29, 0.717) is 0 Å². The van der Waals surface area contributed by atoms with E-state index in [0.717, 1.165) is 41.3 Å². The van der Waals surface area contributed by atoms with Crippen molar-refractivity contribution < 1.29 is 4.74 Å². The Labute approximate surface area is 135 Å². The van der Waals surface area contributed by atoms with E-state index in [1.54, 1.807) is 13.3 Å². The molecule has 0 bridgehead atoms. The second-order valence-corrected chi connectivity index (χ2v) is 5.57. The largest absolute Gasteiger partial charge is 0.497 e. The first-order valence-corrected chi connectivity index (χ1v) is 7.59. The highest BCUT2D eigenvalue weighted by Gasteiger charge is 2.27. The number of methoxy groups -OCH3 is 1. The first-order valence-electron chi connectivity index (χ1n) is 7.59. The van der Waals surface area contributed by atoms with Crippen molar-refractivity contribution in [3.8, 4) is 5.75 Å². The Morgan fingerprint density at radius 3 is 3.04 bits per heavy atom. The van der Waals surface area contributed by atoms with Crippen LogP contribution in [0.25, 0.3) is 10.9 Å². The topological polar surface area (TPSA) is 63.6 Å². The van der Waals surface area contributed by atoms with Gasteiger partial charge < -0.3 is 10.1 Å². The molecular weight excluding hydrogens is 289 g/mol. The standard InChI is InChI=1S/C17H18BN3O2/c1-3-11-10-20-16(9-18-11)17(21-22)13-6-7-19-15-5-4-12(23-2)8-14(13)15/h3-8,10,16-18,20H,1,9H2,2H3/t16-,17?/m0/s1. The predicted octanol–water partition coefficient (Wildman–Crippen LogP) is 2.90.